The summed E-state index contributed by atoms with van der Waals surface area (Å²) in [6.07, 6.45) is 8.99. The van der Waals surface area contributed by atoms with Gasteiger partial charge in [0.1, 0.15) is 11.5 Å². The fraction of sp³-hybridized carbons (Fsp3) is 0.444. The van der Waals surface area contributed by atoms with Gasteiger partial charge in [-0.1, -0.05) is 13.3 Å². The van der Waals surface area contributed by atoms with E-state index in [2.05, 4.69) is 12.2 Å². The predicted octanol–water partition coefficient (Wildman–Crippen LogP) is 3.62. The van der Waals surface area contributed by atoms with Crippen molar-refractivity contribution in [2.75, 3.05) is 31.1 Å². The van der Waals surface area contributed by atoms with E-state index in [9.17, 15) is 5.11 Å². The lowest BCUT2D eigenvalue weighted by atomic mass is 10.2. The van der Waals surface area contributed by atoms with Crippen molar-refractivity contribution >= 4 is 5.69 Å². The van der Waals surface area contributed by atoms with Gasteiger partial charge in [-0.25, -0.2) is 0 Å². The number of aliphatic hydroxyl groups is 1. The first-order valence-corrected chi connectivity index (χ1v) is 8.06. The third-order valence-electron chi connectivity index (χ3n) is 3.53. The molecule has 2 N–H and O–H groups in total. The molecule has 0 bridgehead atoms. The first-order valence-electron chi connectivity index (χ1n) is 8.06. The van der Waals surface area contributed by atoms with Crippen molar-refractivity contribution in [2.24, 2.45) is 0 Å². The highest BCUT2D eigenvalue weighted by atomic mass is 16.5. The van der Waals surface area contributed by atoms with Crippen LogP contribution in [0.4, 0.5) is 5.69 Å². The van der Waals surface area contributed by atoms with Crippen LogP contribution in [0.1, 0.15) is 26.2 Å². The molecule has 1 aliphatic heterocycles. The standard InChI is InChI=1S/C18H26N2O2/c1-2-3-11-19-12-5-14-22-18-9-7-16(8-10-18)20-13-4-6-17(21)15-20/h4,6-10,13,19,21H,2-3,5,11-12,14-15H2,1H3. The highest BCUT2D eigenvalue weighted by Crippen LogP contribution is 2.21. The molecule has 1 aromatic rings. The van der Waals surface area contributed by atoms with Gasteiger partial charge in [0.2, 0.25) is 0 Å². The van der Waals surface area contributed by atoms with Crippen molar-refractivity contribution in [3.05, 3.63) is 48.4 Å². The van der Waals surface area contributed by atoms with Crippen molar-refractivity contribution < 1.29 is 9.84 Å². The van der Waals surface area contributed by atoms with Gasteiger partial charge in [-0.3, -0.25) is 0 Å². The number of nitrogens with zero attached hydrogens (tertiary/aromatic N) is 1. The lowest BCUT2D eigenvalue weighted by Gasteiger charge is -2.22. The van der Waals surface area contributed by atoms with Gasteiger partial charge in [0.25, 0.3) is 0 Å². The molecule has 0 unspecified atom stereocenters. The second-order valence-electron chi connectivity index (χ2n) is 5.43. The summed E-state index contributed by atoms with van der Waals surface area (Å²) < 4.78 is 5.74. The van der Waals surface area contributed by atoms with E-state index in [1.807, 2.05) is 41.4 Å². The maximum Gasteiger partial charge on any atom is 0.119 e. The van der Waals surface area contributed by atoms with Crippen molar-refractivity contribution in [3.63, 3.8) is 0 Å². The number of anilines is 1. The zero-order valence-electron chi connectivity index (χ0n) is 13.3. The molecular weight excluding hydrogens is 276 g/mol. The predicted molar refractivity (Wildman–Crippen MR) is 91.5 cm³/mol. The van der Waals surface area contributed by atoms with Crippen molar-refractivity contribution in [3.8, 4) is 5.75 Å². The van der Waals surface area contributed by atoms with Gasteiger partial charge in [-0.15, -0.1) is 0 Å². The molecule has 0 aromatic heterocycles. The van der Waals surface area contributed by atoms with Crippen LogP contribution in [0.15, 0.2) is 48.4 Å². The van der Waals surface area contributed by atoms with Crippen LogP contribution in [0.2, 0.25) is 0 Å². The Labute approximate surface area is 133 Å². The molecule has 1 aromatic carbocycles. The molecule has 1 heterocycles. The van der Waals surface area contributed by atoms with E-state index in [1.165, 1.54) is 12.8 Å². The van der Waals surface area contributed by atoms with Crippen molar-refractivity contribution in [1.82, 2.24) is 5.32 Å². The number of ether oxygens (including phenoxy) is 1. The van der Waals surface area contributed by atoms with Crippen molar-refractivity contribution in [2.45, 2.75) is 26.2 Å². The highest BCUT2D eigenvalue weighted by Gasteiger charge is 2.08. The second-order valence-corrected chi connectivity index (χ2v) is 5.43. The average molecular weight is 302 g/mol. The molecule has 0 radical (unpaired) electrons. The van der Waals surface area contributed by atoms with Gasteiger partial charge in [0, 0.05) is 11.9 Å². The molecule has 2 rings (SSSR count). The third-order valence-corrected chi connectivity index (χ3v) is 3.53. The molecule has 22 heavy (non-hydrogen) atoms. The van der Waals surface area contributed by atoms with E-state index in [1.54, 1.807) is 6.08 Å². The summed E-state index contributed by atoms with van der Waals surface area (Å²) in [5, 5.41) is 13.0. The first-order chi connectivity index (χ1) is 10.8. The largest absolute Gasteiger partial charge is 0.510 e. The van der Waals surface area contributed by atoms with Gasteiger partial charge >= 0.3 is 0 Å². The highest BCUT2D eigenvalue weighted by molar-refractivity contribution is 5.53. The molecule has 0 spiro atoms. The molecule has 4 nitrogen and oxygen atoms in total. The maximum absolute atomic E-state index is 9.55. The molecular formula is C18H26N2O2. The Bertz CT molecular complexity index is 494. The van der Waals surface area contributed by atoms with E-state index >= 15 is 0 Å². The van der Waals surface area contributed by atoms with Crippen LogP contribution in [0.5, 0.6) is 5.75 Å². The van der Waals surface area contributed by atoms with Crippen LogP contribution >= 0.6 is 0 Å². The summed E-state index contributed by atoms with van der Waals surface area (Å²) in [6, 6.07) is 7.97. The van der Waals surface area contributed by atoms with E-state index in [-0.39, 0.29) is 0 Å². The molecule has 4 heteroatoms. The Kier molecular flexibility index (Phi) is 6.84. The fourth-order valence-corrected chi connectivity index (χ4v) is 2.26. The van der Waals surface area contributed by atoms with Gasteiger partial charge in [-0.05, 0) is 62.3 Å². The Hall–Kier alpha value is -1.94. The normalized spacial score (nSPS) is 14.0. The lowest BCUT2D eigenvalue weighted by Crippen LogP contribution is -2.21. The smallest absolute Gasteiger partial charge is 0.119 e. The number of unbranched alkanes of at least 4 members (excludes halogenated alkanes) is 1. The Morgan fingerprint density at radius 1 is 1.18 bits per heavy atom. The molecule has 0 fully saturated rings. The van der Waals surface area contributed by atoms with Crippen LogP contribution in [-0.4, -0.2) is 31.3 Å². The molecule has 0 amide bonds. The molecule has 120 valence electrons. The molecule has 0 saturated carbocycles. The topological polar surface area (TPSA) is 44.7 Å². The zero-order valence-corrected chi connectivity index (χ0v) is 13.3. The summed E-state index contributed by atoms with van der Waals surface area (Å²) in [4.78, 5) is 2.00. The summed E-state index contributed by atoms with van der Waals surface area (Å²) in [5.74, 6) is 1.26. The third kappa shape index (κ3) is 5.45. The summed E-state index contributed by atoms with van der Waals surface area (Å²) in [5.41, 5.74) is 1.05. The first kappa shape index (κ1) is 16.4. The molecule has 1 aliphatic rings. The number of hydrogen-bond donors (Lipinski definition) is 2. The van der Waals surface area contributed by atoms with Crippen LogP contribution in [0, 0.1) is 0 Å². The maximum atomic E-state index is 9.55. The summed E-state index contributed by atoms with van der Waals surface area (Å²) in [6.45, 7) is 5.54. The Balaban J connectivity index is 1.69. The Morgan fingerprint density at radius 3 is 2.68 bits per heavy atom. The van der Waals surface area contributed by atoms with E-state index in [0.29, 0.717) is 12.3 Å². The van der Waals surface area contributed by atoms with Crippen LogP contribution in [-0.2, 0) is 0 Å². The molecule has 0 saturated heterocycles. The van der Waals surface area contributed by atoms with E-state index in [4.69, 9.17) is 4.74 Å². The minimum Gasteiger partial charge on any atom is -0.510 e. The number of benzene rings is 1. The SMILES string of the molecule is CCCCNCCCOc1ccc(N2C=CC=C(O)C2)cc1. The lowest BCUT2D eigenvalue weighted by molar-refractivity contribution is 0.308. The number of hydrogen-bond acceptors (Lipinski definition) is 4. The number of rotatable bonds is 9. The summed E-state index contributed by atoms with van der Waals surface area (Å²) in [7, 11) is 0. The molecule has 0 atom stereocenters. The fourth-order valence-electron chi connectivity index (χ4n) is 2.26. The summed E-state index contributed by atoms with van der Waals surface area (Å²) >= 11 is 0. The minimum absolute atomic E-state index is 0.374. The van der Waals surface area contributed by atoms with Gasteiger partial charge < -0.3 is 20.1 Å². The van der Waals surface area contributed by atoms with Crippen LogP contribution in [0.25, 0.3) is 0 Å². The Morgan fingerprint density at radius 2 is 1.95 bits per heavy atom. The van der Waals surface area contributed by atoms with Crippen LogP contribution in [0.3, 0.4) is 0 Å². The van der Waals surface area contributed by atoms with Gasteiger partial charge in [-0.2, -0.15) is 0 Å². The van der Waals surface area contributed by atoms with E-state index < -0.39 is 0 Å². The average Bonchev–Trinajstić information content (AvgIpc) is 2.55. The quantitative estimate of drug-likeness (QED) is 0.684. The van der Waals surface area contributed by atoms with Gasteiger partial charge in [0.05, 0.1) is 13.2 Å². The number of allylic oxidation sites excluding steroid dienone is 2. The number of nitrogens with one attached hydrogen (secondary N) is 1. The van der Waals surface area contributed by atoms with E-state index in [0.717, 1.165) is 37.6 Å². The minimum atomic E-state index is 0.374. The second kappa shape index (κ2) is 9.15. The van der Waals surface area contributed by atoms with Crippen LogP contribution < -0.4 is 15.0 Å². The van der Waals surface area contributed by atoms with Gasteiger partial charge in [0.15, 0.2) is 0 Å². The number of aliphatic hydroxyl groups excluding tert-OH is 1. The van der Waals surface area contributed by atoms with Crippen molar-refractivity contribution in [1.29, 1.82) is 0 Å². The molecule has 0 aliphatic carbocycles. The monoisotopic (exact) mass is 302 g/mol. The zero-order chi connectivity index (χ0) is 15.6.